The summed E-state index contributed by atoms with van der Waals surface area (Å²) in [5.41, 5.74) is 0.120. The molecule has 0 bridgehead atoms. The van der Waals surface area contributed by atoms with E-state index in [-0.39, 0.29) is 17.9 Å². The smallest absolute Gasteiger partial charge is 0.299 e. The van der Waals surface area contributed by atoms with Crippen molar-refractivity contribution in [2.45, 2.75) is 45.9 Å². The Hall–Kier alpha value is -1.91. The minimum Gasteiger partial charge on any atom is -0.366 e. The number of anilines is 1. The first kappa shape index (κ1) is 19.4. The summed E-state index contributed by atoms with van der Waals surface area (Å²) >= 11 is 0. The second kappa shape index (κ2) is 7.98. The van der Waals surface area contributed by atoms with Crippen LogP contribution in [-0.4, -0.2) is 53.6 Å². The molecule has 0 radical (unpaired) electrons. The van der Waals surface area contributed by atoms with E-state index in [0.717, 1.165) is 17.0 Å². The number of carbonyl (C=O) groups excluding carboxylic acids is 2. The maximum Gasteiger partial charge on any atom is 0.299 e. The molecule has 0 saturated carbocycles. The third-order valence-corrected chi connectivity index (χ3v) is 3.64. The monoisotopic (exact) mass is 357 g/mol. The van der Waals surface area contributed by atoms with Crippen LogP contribution in [0, 0.1) is 5.82 Å². The molecule has 8 nitrogen and oxygen atoms in total. The second-order valence-corrected chi connectivity index (χ2v) is 5.40. The molecule has 4 unspecified atom stereocenters. The number of halogens is 1. The van der Waals surface area contributed by atoms with Gasteiger partial charge in [0.05, 0.1) is 17.3 Å². The molecule has 4 atom stereocenters. The number of fused-ring (bicyclic) bond motifs is 1. The van der Waals surface area contributed by atoms with Crippen molar-refractivity contribution in [2.24, 2.45) is 0 Å². The van der Waals surface area contributed by atoms with E-state index in [1.54, 1.807) is 6.92 Å². The molecule has 0 saturated heterocycles. The molecule has 1 aromatic rings. The fraction of sp³-hybridized carbons (Fsp3) is 0.500. The predicted octanol–water partition coefficient (Wildman–Crippen LogP) is 0.753. The molecule has 2 rings (SSSR count). The van der Waals surface area contributed by atoms with Gasteiger partial charge in [-0.1, -0.05) is 0 Å². The summed E-state index contributed by atoms with van der Waals surface area (Å²) in [6.07, 6.45) is -2.59. The zero-order valence-corrected chi connectivity index (χ0v) is 14.0. The molecule has 138 valence electrons. The number of carbonyl (C=O) groups is 2. The van der Waals surface area contributed by atoms with Gasteiger partial charge in [-0.15, -0.1) is 0 Å². The van der Waals surface area contributed by atoms with Crippen LogP contribution in [0.4, 0.5) is 10.1 Å². The summed E-state index contributed by atoms with van der Waals surface area (Å²) in [5, 5.41) is 19.5. The van der Waals surface area contributed by atoms with Crippen molar-refractivity contribution in [3.05, 3.63) is 29.6 Å². The average Bonchev–Trinajstić information content (AvgIpc) is 2.78. The van der Waals surface area contributed by atoms with Gasteiger partial charge in [0, 0.05) is 6.61 Å². The SMILES string of the molecule is CCOC(O)OC(C)OC(O)C(C)N1C(=O)C(=O)c2cc(F)ccc21. The van der Waals surface area contributed by atoms with E-state index in [1.807, 2.05) is 0 Å². The van der Waals surface area contributed by atoms with Gasteiger partial charge in [0.25, 0.3) is 18.2 Å². The van der Waals surface area contributed by atoms with Crippen molar-refractivity contribution in [3.63, 3.8) is 0 Å². The van der Waals surface area contributed by atoms with Gasteiger partial charge in [-0.05, 0) is 39.0 Å². The Kier molecular flexibility index (Phi) is 6.20. The Morgan fingerprint density at radius 2 is 1.88 bits per heavy atom. The lowest BCUT2D eigenvalue weighted by Gasteiger charge is -2.30. The first-order chi connectivity index (χ1) is 11.8. The summed E-state index contributed by atoms with van der Waals surface area (Å²) in [5.74, 6) is -2.39. The van der Waals surface area contributed by atoms with Crippen molar-refractivity contribution in [2.75, 3.05) is 11.5 Å². The molecule has 9 heteroatoms. The van der Waals surface area contributed by atoms with Gasteiger partial charge >= 0.3 is 0 Å². The Labute approximate surface area is 143 Å². The van der Waals surface area contributed by atoms with Crippen LogP contribution < -0.4 is 4.90 Å². The van der Waals surface area contributed by atoms with Crippen molar-refractivity contribution >= 4 is 17.4 Å². The Morgan fingerprint density at radius 1 is 1.20 bits per heavy atom. The van der Waals surface area contributed by atoms with Crippen LogP contribution in [0.5, 0.6) is 0 Å². The Morgan fingerprint density at radius 3 is 2.52 bits per heavy atom. The lowest BCUT2D eigenvalue weighted by atomic mass is 10.1. The van der Waals surface area contributed by atoms with E-state index < -0.39 is 42.6 Å². The molecule has 1 aliphatic heterocycles. The molecular formula is C16H20FNO7. The number of aliphatic hydroxyl groups is 2. The number of ether oxygens (including phenoxy) is 3. The van der Waals surface area contributed by atoms with Gasteiger partial charge in [-0.25, -0.2) is 4.39 Å². The molecule has 0 fully saturated rings. The number of aliphatic hydroxyl groups excluding tert-OH is 2. The largest absolute Gasteiger partial charge is 0.366 e. The van der Waals surface area contributed by atoms with Crippen molar-refractivity contribution in [3.8, 4) is 0 Å². The maximum atomic E-state index is 13.3. The molecule has 1 heterocycles. The van der Waals surface area contributed by atoms with Gasteiger partial charge in [-0.2, -0.15) is 0 Å². The first-order valence-electron chi connectivity index (χ1n) is 7.72. The molecule has 1 aliphatic rings. The van der Waals surface area contributed by atoms with Crippen molar-refractivity contribution in [1.82, 2.24) is 0 Å². The first-order valence-corrected chi connectivity index (χ1v) is 7.72. The third-order valence-electron chi connectivity index (χ3n) is 3.64. The van der Waals surface area contributed by atoms with Crippen LogP contribution in [0.2, 0.25) is 0 Å². The molecule has 0 spiro atoms. The molecule has 1 amide bonds. The average molecular weight is 357 g/mol. The minimum atomic E-state index is -1.53. The summed E-state index contributed by atoms with van der Waals surface area (Å²) < 4.78 is 28.2. The summed E-state index contributed by atoms with van der Waals surface area (Å²) in [6, 6.07) is 2.41. The molecule has 1 aromatic carbocycles. The molecule has 0 aromatic heterocycles. The zero-order valence-electron chi connectivity index (χ0n) is 14.0. The fourth-order valence-electron chi connectivity index (χ4n) is 2.45. The quantitative estimate of drug-likeness (QED) is 0.522. The van der Waals surface area contributed by atoms with Crippen LogP contribution in [0.3, 0.4) is 0 Å². The van der Waals surface area contributed by atoms with Crippen LogP contribution in [0.25, 0.3) is 0 Å². The maximum absolute atomic E-state index is 13.3. The lowest BCUT2D eigenvalue weighted by molar-refractivity contribution is -0.339. The van der Waals surface area contributed by atoms with E-state index >= 15 is 0 Å². The van der Waals surface area contributed by atoms with Gasteiger partial charge < -0.3 is 24.4 Å². The minimum absolute atomic E-state index is 0.0693. The highest BCUT2D eigenvalue weighted by Gasteiger charge is 2.41. The number of hydrogen-bond acceptors (Lipinski definition) is 7. The van der Waals surface area contributed by atoms with Crippen LogP contribution in [0.15, 0.2) is 18.2 Å². The van der Waals surface area contributed by atoms with E-state index in [0.29, 0.717) is 0 Å². The highest BCUT2D eigenvalue weighted by Crippen LogP contribution is 2.32. The number of amides is 1. The molecule has 25 heavy (non-hydrogen) atoms. The Balaban J connectivity index is 2.08. The van der Waals surface area contributed by atoms with E-state index in [1.165, 1.54) is 19.9 Å². The molecule has 0 aliphatic carbocycles. The van der Waals surface area contributed by atoms with Gasteiger partial charge in [0.1, 0.15) is 5.82 Å². The van der Waals surface area contributed by atoms with Crippen molar-refractivity contribution < 1.29 is 38.4 Å². The number of Topliss-reactive ketones (excluding diaryl/α,β-unsaturated/α-hetero) is 1. The zero-order chi connectivity index (χ0) is 18.7. The topological polar surface area (TPSA) is 106 Å². The molecule has 2 N–H and O–H groups in total. The number of rotatable bonds is 8. The second-order valence-electron chi connectivity index (χ2n) is 5.40. The third kappa shape index (κ3) is 4.20. The lowest BCUT2D eigenvalue weighted by Crippen LogP contribution is -2.47. The number of hydrogen-bond donors (Lipinski definition) is 2. The van der Waals surface area contributed by atoms with E-state index in [2.05, 4.69) is 0 Å². The van der Waals surface area contributed by atoms with Crippen molar-refractivity contribution in [1.29, 1.82) is 0 Å². The highest BCUT2D eigenvalue weighted by molar-refractivity contribution is 6.52. The van der Waals surface area contributed by atoms with Gasteiger partial charge in [0.15, 0.2) is 12.6 Å². The summed E-state index contributed by atoms with van der Waals surface area (Å²) in [7, 11) is 0. The number of nitrogens with zero attached hydrogens (tertiary/aromatic N) is 1. The van der Waals surface area contributed by atoms with Crippen LogP contribution in [-0.2, 0) is 19.0 Å². The van der Waals surface area contributed by atoms with Gasteiger partial charge in [0.2, 0.25) is 0 Å². The van der Waals surface area contributed by atoms with Crippen LogP contribution >= 0.6 is 0 Å². The molecular weight excluding hydrogens is 337 g/mol. The van der Waals surface area contributed by atoms with Gasteiger partial charge in [-0.3, -0.25) is 14.5 Å². The van der Waals surface area contributed by atoms with Crippen LogP contribution in [0.1, 0.15) is 31.1 Å². The number of ketones is 1. The van der Waals surface area contributed by atoms with E-state index in [4.69, 9.17) is 14.2 Å². The predicted molar refractivity (Wildman–Crippen MR) is 83.0 cm³/mol. The number of benzene rings is 1. The Bertz CT molecular complexity index is 653. The fourth-order valence-corrected chi connectivity index (χ4v) is 2.45. The summed E-state index contributed by atoms with van der Waals surface area (Å²) in [4.78, 5) is 25.2. The normalized spacial score (nSPS) is 18.9. The van der Waals surface area contributed by atoms with E-state index in [9.17, 15) is 24.2 Å². The highest BCUT2D eigenvalue weighted by atomic mass is 19.1. The summed E-state index contributed by atoms with van der Waals surface area (Å²) in [6.45, 7) is 3.22. The standard InChI is InChI=1S/C16H20FNO7/c1-4-23-16(22)25-9(3)24-15(21)8(2)18-12-6-5-10(17)7-11(12)13(19)14(18)20/h5-9,15-16,21-22H,4H2,1-3H3.